The summed E-state index contributed by atoms with van der Waals surface area (Å²) in [5.41, 5.74) is 5.43. The number of ether oxygens (including phenoxy) is 1. The fourth-order valence-electron chi connectivity index (χ4n) is 1.67. The van der Waals surface area contributed by atoms with E-state index in [-0.39, 0.29) is 18.1 Å². The number of aromatic amines is 1. The van der Waals surface area contributed by atoms with Crippen LogP contribution in [0.15, 0.2) is 17.1 Å². The van der Waals surface area contributed by atoms with Gasteiger partial charge in [0.05, 0.1) is 0 Å². The van der Waals surface area contributed by atoms with Crippen molar-refractivity contribution < 1.29 is 13.7 Å². The van der Waals surface area contributed by atoms with E-state index in [0.717, 1.165) is 0 Å². The molecule has 2 aromatic rings. The van der Waals surface area contributed by atoms with Crippen LogP contribution in [0.2, 0.25) is 0 Å². The molecule has 100 valence electrons. The molecule has 2 rings (SSSR count). The maximum atomic E-state index is 12.7. The first-order valence-corrected chi connectivity index (χ1v) is 6.10. The Morgan fingerprint density at radius 1 is 1.68 bits per heavy atom. The molecule has 2 heterocycles. The Labute approximate surface area is 107 Å². The molecule has 0 aliphatic rings. The fourth-order valence-corrected chi connectivity index (χ4v) is 1.86. The minimum absolute atomic E-state index is 0.0219. The third-order valence-electron chi connectivity index (χ3n) is 2.48. The zero-order chi connectivity index (χ0) is 13.8. The summed E-state index contributed by atoms with van der Waals surface area (Å²) < 4.78 is 29.3. The van der Waals surface area contributed by atoms with Crippen molar-refractivity contribution in [2.24, 2.45) is 0 Å². The van der Waals surface area contributed by atoms with Crippen LogP contribution in [-0.4, -0.2) is 27.3 Å². The number of aromatic nitrogens is 3. The summed E-state index contributed by atoms with van der Waals surface area (Å²) >= 11 is 0. The van der Waals surface area contributed by atoms with Crippen LogP contribution in [0.25, 0.3) is 11.0 Å². The summed E-state index contributed by atoms with van der Waals surface area (Å²) in [6, 6.07) is 1.55. The van der Waals surface area contributed by atoms with Crippen molar-refractivity contribution in [3.63, 3.8) is 0 Å². The number of nitrogens with one attached hydrogen (secondary N) is 1. The molecule has 0 amide bonds. The van der Waals surface area contributed by atoms with Gasteiger partial charge in [0.2, 0.25) is 0 Å². The number of nitrogens with zero attached hydrogens (tertiary/aromatic N) is 2. The fraction of sp³-hybridized carbons (Fsp3) is 0.300. The second kappa shape index (κ2) is 5.84. The number of hydrogen-bond acceptors (Lipinski definition) is 5. The molecule has 0 aliphatic heterocycles. The predicted molar refractivity (Wildman–Crippen MR) is 67.1 cm³/mol. The van der Waals surface area contributed by atoms with E-state index >= 15 is 0 Å². The summed E-state index contributed by atoms with van der Waals surface area (Å²) in [4.78, 5) is 17.9. The van der Waals surface area contributed by atoms with Crippen molar-refractivity contribution in [1.82, 2.24) is 14.5 Å². The number of fused-ring (bicyclic) bond motifs is 1. The number of hydrogen-bond donors (Lipinski definition) is 2. The molecular weight excluding hydrogens is 274 g/mol. The normalized spacial score (nSPS) is 12.3. The summed E-state index contributed by atoms with van der Waals surface area (Å²) in [7, 11) is -0.456. The van der Waals surface area contributed by atoms with Gasteiger partial charge in [0, 0.05) is 0 Å². The number of nitrogens with two attached hydrogens (primary N) is 1. The van der Waals surface area contributed by atoms with Crippen LogP contribution in [-0.2, 0) is 15.8 Å². The molecule has 0 spiro atoms. The number of H-pyrrole nitrogens is 1. The summed E-state index contributed by atoms with van der Waals surface area (Å²) in [5, 5.41) is 0.349. The summed E-state index contributed by atoms with van der Waals surface area (Å²) in [5.74, 6) is 2.01. The van der Waals surface area contributed by atoms with Gasteiger partial charge < -0.3 is 0 Å². The molecule has 0 bridgehead atoms. The monoisotopic (exact) mass is 284 g/mol. The predicted octanol–water partition coefficient (Wildman–Crippen LogP) is 0.870. The first-order chi connectivity index (χ1) is 9.15. The van der Waals surface area contributed by atoms with E-state index in [1.165, 1.54) is 4.57 Å². The van der Waals surface area contributed by atoms with Gasteiger partial charge in [-0.15, -0.1) is 0 Å². The molecule has 0 unspecified atom stereocenters. The second-order valence-electron chi connectivity index (χ2n) is 3.73. The van der Waals surface area contributed by atoms with Crippen molar-refractivity contribution in [1.29, 1.82) is 0 Å². The SMILES string of the molecule is Nc1nc2c(ccn2C[C@H](CF)OC#P=O)c(=O)[nH]1. The van der Waals surface area contributed by atoms with E-state index < -0.39 is 20.7 Å². The van der Waals surface area contributed by atoms with Crippen molar-refractivity contribution in [3.8, 4) is 5.81 Å². The van der Waals surface area contributed by atoms with Crippen LogP contribution < -0.4 is 11.3 Å². The maximum absolute atomic E-state index is 12.7. The van der Waals surface area contributed by atoms with Gasteiger partial charge >= 0.3 is 107 Å². The van der Waals surface area contributed by atoms with E-state index in [1.807, 2.05) is 5.81 Å². The van der Waals surface area contributed by atoms with Crippen molar-refractivity contribution in [2.75, 3.05) is 12.4 Å². The Morgan fingerprint density at radius 2 is 2.47 bits per heavy atom. The van der Waals surface area contributed by atoms with E-state index in [4.69, 9.17) is 10.5 Å². The van der Waals surface area contributed by atoms with Gasteiger partial charge in [0.1, 0.15) is 0 Å². The molecule has 0 saturated heterocycles. The Hall–Kier alpha value is -1.88. The number of rotatable bonds is 4. The van der Waals surface area contributed by atoms with Gasteiger partial charge in [0.15, 0.2) is 0 Å². The van der Waals surface area contributed by atoms with Crippen LogP contribution in [0.5, 0.6) is 0 Å². The van der Waals surface area contributed by atoms with Crippen LogP contribution in [0.3, 0.4) is 0 Å². The molecule has 0 saturated carbocycles. The molecule has 0 aromatic carbocycles. The number of nitrogen functional groups attached to an aromatic ring is 1. The molecule has 3 N–H and O–H groups in total. The second-order valence-corrected chi connectivity index (χ2v) is 4.10. The minimum atomic E-state index is -0.862. The Bertz CT molecular complexity index is 751. The average molecular weight is 284 g/mol. The quantitative estimate of drug-likeness (QED) is 0.811. The zero-order valence-electron chi connectivity index (χ0n) is 9.67. The van der Waals surface area contributed by atoms with E-state index in [9.17, 15) is 13.8 Å². The third-order valence-corrected chi connectivity index (χ3v) is 2.66. The van der Waals surface area contributed by atoms with E-state index in [1.54, 1.807) is 12.3 Å². The van der Waals surface area contributed by atoms with Gasteiger partial charge in [-0.1, -0.05) is 0 Å². The zero-order valence-corrected chi connectivity index (χ0v) is 10.6. The molecular formula is C10H10FN4O3P. The Kier molecular flexibility index (Phi) is 4.16. The molecule has 1 atom stereocenters. The van der Waals surface area contributed by atoms with Gasteiger partial charge in [-0.2, -0.15) is 0 Å². The third kappa shape index (κ3) is 2.93. The molecule has 0 radical (unpaired) electrons. The molecule has 7 nitrogen and oxygen atoms in total. The molecule has 2 aromatic heterocycles. The Morgan fingerprint density at radius 3 is 3.16 bits per heavy atom. The summed E-state index contributed by atoms with van der Waals surface area (Å²) in [6.45, 7) is -0.695. The average Bonchev–Trinajstić information content (AvgIpc) is 2.77. The van der Waals surface area contributed by atoms with Gasteiger partial charge in [-0.05, 0) is 0 Å². The number of alkyl halides is 1. The number of anilines is 1. The van der Waals surface area contributed by atoms with Crippen LogP contribution in [0.1, 0.15) is 0 Å². The molecule has 9 heteroatoms. The molecule has 19 heavy (non-hydrogen) atoms. The van der Waals surface area contributed by atoms with E-state index in [0.29, 0.717) is 11.0 Å². The Balaban J connectivity index is 2.36. The van der Waals surface area contributed by atoms with Crippen LogP contribution in [0, 0.1) is 5.81 Å². The standard InChI is InChI=1S/C10H10FN4O3P/c11-3-6(18-5-19-17)4-15-2-1-7-8(15)13-10(12)14-9(7)16/h1-2,6H,3-4H2,(H3,12,13,14,16)/t6-/m0/s1. The van der Waals surface area contributed by atoms with Crippen molar-refractivity contribution in [2.45, 2.75) is 12.6 Å². The molecule has 0 fully saturated rings. The molecule has 0 aliphatic carbocycles. The van der Waals surface area contributed by atoms with Crippen LogP contribution in [0.4, 0.5) is 10.3 Å². The number of halogens is 1. The van der Waals surface area contributed by atoms with E-state index in [2.05, 4.69) is 9.97 Å². The topological polar surface area (TPSA) is 103 Å². The first kappa shape index (κ1) is 13.5. The van der Waals surface area contributed by atoms with Gasteiger partial charge in [-0.25, -0.2) is 0 Å². The van der Waals surface area contributed by atoms with Crippen molar-refractivity contribution >= 4 is 24.9 Å². The van der Waals surface area contributed by atoms with Crippen LogP contribution >= 0.6 is 7.92 Å². The summed E-state index contributed by atoms with van der Waals surface area (Å²) in [6.07, 6.45) is 0.715. The van der Waals surface area contributed by atoms with Crippen molar-refractivity contribution in [3.05, 3.63) is 22.6 Å². The van der Waals surface area contributed by atoms with Gasteiger partial charge in [0.25, 0.3) is 0 Å². The van der Waals surface area contributed by atoms with Gasteiger partial charge in [-0.3, -0.25) is 0 Å². The first-order valence-electron chi connectivity index (χ1n) is 5.29.